The highest BCUT2D eigenvalue weighted by Crippen LogP contribution is 2.10. The molecule has 0 aliphatic rings. The van der Waals surface area contributed by atoms with E-state index in [4.69, 9.17) is 17.3 Å². The van der Waals surface area contributed by atoms with E-state index in [1.165, 1.54) is 6.08 Å². The van der Waals surface area contributed by atoms with E-state index in [0.29, 0.717) is 11.6 Å². The maximum atomic E-state index is 11.6. The van der Waals surface area contributed by atoms with Crippen LogP contribution in [0.5, 0.6) is 0 Å². The van der Waals surface area contributed by atoms with Gasteiger partial charge in [0.05, 0.1) is 0 Å². The quantitative estimate of drug-likeness (QED) is 0.808. The standard InChI is InChI=1S/C13H17ClN2O/c1-13(2,9-15)16-12(17)8-5-10-3-6-11(14)7-4-10/h3-8H,9,15H2,1-2H3,(H,16,17)/b8-5+. The number of rotatable bonds is 4. The number of nitrogens with one attached hydrogen (secondary N) is 1. The molecule has 17 heavy (non-hydrogen) atoms. The van der Waals surface area contributed by atoms with Gasteiger partial charge in [0.2, 0.25) is 5.91 Å². The highest BCUT2D eigenvalue weighted by molar-refractivity contribution is 6.30. The Hall–Kier alpha value is -1.32. The highest BCUT2D eigenvalue weighted by atomic mass is 35.5. The van der Waals surface area contributed by atoms with Crippen LogP contribution in [0.1, 0.15) is 19.4 Å². The summed E-state index contributed by atoms with van der Waals surface area (Å²) >= 11 is 5.76. The summed E-state index contributed by atoms with van der Waals surface area (Å²) in [6.45, 7) is 4.15. The van der Waals surface area contributed by atoms with Gasteiger partial charge in [0.1, 0.15) is 0 Å². The summed E-state index contributed by atoms with van der Waals surface area (Å²) in [4.78, 5) is 11.6. The van der Waals surface area contributed by atoms with Crippen molar-refractivity contribution in [3.63, 3.8) is 0 Å². The van der Waals surface area contributed by atoms with Crippen molar-refractivity contribution in [2.45, 2.75) is 19.4 Å². The lowest BCUT2D eigenvalue weighted by atomic mass is 10.1. The molecule has 0 unspecified atom stereocenters. The zero-order chi connectivity index (χ0) is 12.9. The number of halogens is 1. The molecule has 0 atom stereocenters. The molecule has 0 fully saturated rings. The monoisotopic (exact) mass is 252 g/mol. The summed E-state index contributed by atoms with van der Waals surface area (Å²) in [5.74, 6) is -0.157. The van der Waals surface area contributed by atoms with Gasteiger partial charge < -0.3 is 11.1 Å². The normalized spacial score (nSPS) is 11.8. The Morgan fingerprint density at radius 3 is 2.53 bits per heavy atom. The predicted molar refractivity (Wildman–Crippen MR) is 71.8 cm³/mol. The zero-order valence-electron chi connectivity index (χ0n) is 10.0. The highest BCUT2D eigenvalue weighted by Gasteiger charge is 2.16. The van der Waals surface area contributed by atoms with Gasteiger partial charge in [-0.25, -0.2) is 0 Å². The van der Waals surface area contributed by atoms with Crippen LogP contribution in [-0.2, 0) is 4.79 Å². The smallest absolute Gasteiger partial charge is 0.244 e. The van der Waals surface area contributed by atoms with Gasteiger partial charge in [0.25, 0.3) is 0 Å². The van der Waals surface area contributed by atoms with E-state index in [0.717, 1.165) is 5.56 Å². The molecule has 1 aromatic carbocycles. The van der Waals surface area contributed by atoms with Crippen molar-refractivity contribution < 1.29 is 4.79 Å². The first-order valence-corrected chi connectivity index (χ1v) is 5.76. The fourth-order valence-electron chi connectivity index (χ4n) is 1.17. The van der Waals surface area contributed by atoms with Crippen molar-refractivity contribution in [2.24, 2.45) is 5.73 Å². The Kier molecular flexibility index (Phi) is 4.73. The van der Waals surface area contributed by atoms with Gasteiger partial charge in [0, 0.05) is 23.2 Å². The first kappa shape index (κ1) is 13.7. The number of carbonyl (C=O) groups is 1. The molecule has 0 aromatic heterocycles. The average molecular weight is 253 g/mol. The van der Waals surface area contributed by atoms with E-state index in [9.17, 15) is 4.79 Å². The third kappa shape index (κ3) is 5.02. The molecule has 0 heterocycles. The van der Waals surface area contributed by atoms with Gasteiger partial charge >= 0.3 is 0 Å². The second-order valence-corrected chi connectivity index (χ2v) is 4.90. The second-order valence-electron chi connectivity index (χ2n) is 4.46. The summed E-state index contributed by atoms with van der Waals surface area (Å²) in [5, 5.41) is 3.49. The fourth-order valence-corrected chi connectivity index (χ4v) is 1.30. The minimum atomic E-state index is -0.387. The lowest BCUT2D eigenvalue weighted by Crippen LogP contribution is -2.48. The van der Waals surface area contributed by atoms with Gasteiger partial charge in [-0.1, -0.05) is 23.7 Å². The van der Waals surface area contributed by atoms with Crippen LogP contribution in [-0.4, -0.2) is 18.0 Å². The third-order valence-electron chi connectivity index (χ3n) is 2.27. The second kappa shape index (κ2) is 5.84. The lowest BCUT2D eigenvalue weighted by molar-refractivity contribution is -0.117. The molecule has 0 aliphatic carbocycles. The first-order valence-electron chi connectivity index (χ1n) is 5.39. The summed E-state index contributed by atoms with van der Waals surface area (Å²) < 4.78 is 0. The Bertz CT molecular complexity index is 410. The Balaban J connectivity index is 2.60. The lowest BCUT2D eigenvalue weighted by Gasteiger charge is -2.23. The van der Waals surface area contributed by atoms with Gasteiger partial charge in [-0.3, -0.25) is 4.79 Å². The number of nitrogens with two attached hydrogens (primary N) is 1. The van der Waals surface area contributed by atoms with Crippen molar-refractivity contribution in [1.29, 1.82) is 0 Å². The number of carbonyl (C=O) groups excluding carboxylic acids is 1. The minimum Gasteiger partial charge on any atom is -0.346 e. The summed E-state index contributed by atoms with van der Waals surface area (Å²) in [6.07, 6.45) is 3.22. The molecule has 0 aliphatic heterocycles. The summed E-state index contributed by atoms with van der Waals surface area (Å²) in [6, 6.07) is 7.26. The molecule has 0 saturated heterocycles. The van der Waals surface area contributed by atoms with E-state index < -0.39 is 0 Å². The van der Waals surface area contributed by atoms with Crippen LogP contribution in [0.25, 0.3) is 6.08 Å². The molecule has 0 spiro atoms. The van der Waals surface area contributed by atoms with Crippen molar-refractivity contribution in [1.82, 2.24) is 5.32 Å². The fraction of sp³-hybridized carbons (Fsp3) is 0.308. The maximum absolute atomic E-state index is 11.6. The Labute approximate surface area is 107 Å². The van der Waals surface area contributed by atoms with Crippen LogP contribution in [0.15, 0.2) is 30.3 Å². The molecule has 0 saturated carbocycles. The zero-order valence-corrected chi connectivity index (χ0v) is 10.8. The molecular formula is C13H17ClN2O. The molecule has 1 rings (SSSR count). The Morgan fingerprint density at radius 2 is 2.00 bits per heavy atom. The van der Waals surface area contributed by atoms with Crippen LogP contribution < -0.4 is 11.1 Å². The maximum Gasteiger partial charge on any atom is 0.244 e. The van der Waals surface area contributed by atoms with E-state index in [2.05, 4.69) is 5.32 Å². The molecule has 92 valence electrons. The van der Waals surface area contributed by atoms with E-state index in [1.54, 1.807) is 18.2 Å². The summed E-state index contributed by atoms with van der Waals surface area (Å²) in [7, 11) is 0. The molecule has 0 bridgehead atoms. The largest absolute Gasteiger partial charge is 0.346 e. The van der Waals surface area contributed by atoms with Crippen LogP contribution in [0.4, 0.5) is 0 Å². The topological polar surface area (TPSA) is 55.1 Å². The minimum absolute atomic E-state index is 0.157. The Morgan fingerprint density at radius 1 is 1.41 bits per heavy atom. The van der Waals surface area contributed by atoms with Crippen molar-refractivity contribution in [2.75, 3.05) is 6.54 Å². The predicted octanol–water partition coefficient (Wildman–Crippen LogP) is 2.21. The molecule has 0 radical (unpaired) electrons. The third-order valence-corrected chi connectivity index (χ3v) is 2.52. The number of hydrogen-bond donors (Lipinski definition) is 2. The molecule has 4 heteroatoms. The van der Waals surface area contributed by atoms with Crippen LogP contribution in [0.3, 0.4) is 0 Å². The van der Waals surface area contributed by atoms with E-state index in [1.807, 2.05) is 26.0 Å². The molecule has 3 nitrogen and oxygen atoms in total. The van der Waals surface area contributed by atoms with Crippen molar-refractivity contribution in [3.05, 3.63) is 40.9 Å². The van der Waals surface area contributed by atoms with Crippen molar-refractivity contribution in [3.8, 4) is 0 Å². The van der Waals surface area contributed by atoms with E-state index in [-0.39, 0.29) is 11.4 Å². The molecule has 1 amide bonds. The van der Waals surface area contributed by atoms with Gasteiger partial charge in [0.15, 0.2) is 0 Å². The van der Waals surface area contributed by atoms with Gasteiger partial charge in [-0.15, -0.1) is 0 Å². The average Bonchev–Trinajstić information content (AvgIpc) is 2.28. The van der Waals surface area contributed by atoms with Crippen molar-refractivity contribution >= 4 is 23.6 Å². The molecular weight excluding hydrogens is 236 g/mol. The SMILES string of the molecule is CC(C)(CN)NC(=O)/C=C/c1ccc(Cl)cc1. The van der Waals surface area contributed by atoms with Gasteiger partial charge in [-0.2, -0.15) is 0 Å². The van der Waals surface area contributed by atoms with Gasteiger partial charge in [-0.05, 0) is 37.6 Å². The first-order chi connectivity index (χ1) is 7.93. The number of benzene rings is 1. The van der Waals surface area contributed by atoms with E-state index >= 15 is 0 Å². The molecule has 1 aromatic rings. The number of amides is 1. The number of hydrogen-bond acceptors (Lipinski definition) is 2. The van der Waals surface area contributed by atoms with Crippen LogP contribution in [0, 0.1) is 0 Å². The summed E-state index contributed by atoms with van der Waals surface area (Å²) in [5.41, 5.74) is 6.06. The van der Waals surface area contributed by atoms with Crippen LogP contribution in [0.2, 0.25) is 5.02 Å². The molecule has 3 N–H and O–H groups in total. The van der Waals surface area contributed by atoms with Crippen LogP contribution >= 0.6 is 11.6 Å².